The van der Waals surface area contributed by atoms with Gasteiger partial charge in [0.15, 0.2) is 5.03 Å². The van der Waals surface area contributed by atoms with Crippen LogP contribution in [0.25, 0.3) is 5.69 Å². The van der Waals surface area contributed by atoms with Crippen molar-refractivity contribution in [2.45, 2.75) is 29.7 Å². The lowest BCUT2D eigenvalue weighted by molar-refractivity contribution is 0.574. The molecule has 3 aromatic rings. The molecule has 0 fully saturated rings. The summed E-state index contributed by atoms with van der Waals surface area (Å²) in [6, 6.07) is 3.52. The largest absolute Gasteiger partial charge is 0.349 e. The molecular weight excluding hydrogens is 457 g/mol. The van der Waals surface area contributed by atoms with Crippen LogP contribution in [-0.4, -0.2) is 33.0 Å². The summed E-state index contributed by atoms with van der Waals surface area (Å²) >= 11 is 12.4. The molecule has 10 nitrogen and oxygen atoms in total. The van der Waals surface area contributed by atoms with E-state index in [1.807, 2.05) is 4.98 Å². The van der Waals surface area contributed by atoms with Crippen LogP contribution in [0.2, 0.25) is 10.0 Å². The maximum Gasteiger partial charge on any atom is 0.349 e. The Morgan fingerprint density at radius 3 is 2.20 bits per heavy atom. The molecule has 2 heterocycles. The zero-order chi connectivity index (χ0) is 22.4. The minimum Gasteiger partial charge on any atom is -0.271 e. The number of sulfone groups is 1. The Morgan fingerprint density at radius 2 is 1.67 bits per heavy atom. The van der Waals surface area contributed by atoms with Gasteiger partial charge in [-0.2, -0.15) is 14.9 Å². The summed E-state index contributed by atoms with van der Waals surface area (Å²) in [6.45, 7) is 3.49. The van der Waals surface area contributed by atoms with Crippen molar-refractivity contribution in [1.82, 2.24) is 24.5 Å². The molecule has 1 aromatic carbocycles. The second-order valence-electron chi connectivity index (χ2n) is 6.61. The van der Waals surface area contributed by atoms with Crippen LogP contribution in [0.15, 0.2) is 48.7 Å². The van der Waals surface area contributed by atoms with Crippen molar-refractivity contribution in [3.8, 4) is 5.69 Å². The number of aromatic nitrogens is 5. The van der Waals surface area contributed by atoms with Gasteiger partial charge in [0.25, 0.3) is 11.1 Å². The first kappa shape index (κ1) is 21.9. The van der Waals surface area contributed by atoms with E-state index in [2.05, 4.69) is 10.2 Å². The minimum absolute atomic E-state index is 0.0430. The molecule has 3 rings (SSSR count). The van der Waals surface area contributed by atoms with E-state index in [9.17, 15) is 22.8 Å². The van der Waals surface area contributed by atoms with E-state index in [1.165, 1.54) is 25.2 Å². The lowest BCUT2D eigenvalue weighted by Crippen LogP contribution is -2.30. The van der Waals surface area contributed by atoms with Crippen LogP contribution in [0.1, 0.15) is 25.3 Å². The van der Waals surface area contributed by atoms with Crippen LogP contribution in [0.5, 0.6) is 0 Å². The fourth-order valence-corrected chi connectivity index (χ4v) is 5.15. The van der Waals surface area contributed by atoms with Gasteiger partial charge in [-0.05, 0) is 24.1 Å². The first-order valence-electron chi connectivity index (χ1n) is 8.45. The summed E-state index contributed by atoms with van der Waals surface area (Å²) in [7, 11) is -2.97. The van der Waals surface area contributed by atoms with Crippen LogP contribution < -0.4 is 16.8 Å². The molecule has 0 bridgehead atoms. The predicted octanol–water partition coefficient (Wildman–Crippen LogP) is 1.28. The van der Waals surface area contributed by atoms with E-state index >= 15 is 0 Å². The van der Waals surface area contributed by atoms with Crippen LogP contribution in [0.4, 0.5) is 0 Å². The Labute approximate surface area is 179 Å². The van der Waals surface area contributed by atoms with Gasteiger partial charge >= 0.3 is 5.69 Å². The molecule has 0 aliphatic heterocycles. The van der Waals surface area contributed by atoms with Crippen molar-refractivity contribution in [2.24, 2.45) is 7.05 Å². The van der Waals surface area contributed by atoms with Crippen LogP contribution >= 0.6 is 23.2 Å². The number of nitrogens with zero attached hydrogens (tertiary/aromatic N) is 4. The van der Waals surface area contributed by atoms with E-state index in [-0.39, 0.29) is 27.2 Å². The summed E-state index contributed by atoms with van der Waals surface area (Å²) in [4.78, 5) is 36.9. The summed E-state index contributed by atoms with van der Waals surface area (Å²) < 4.78 is 28.1. The van der Waals surface area contributed by atoms with E-state index in [4.69, 9.17) is 23.2 Å². The Bertz CT molecular complexity index is 1420. The molecule has 0 aliphatic carbocycles. The molecule has 13 heteroatoms. The molecule has 0 amide bonds. The highest BCUT2D eigenvalue weighted by Gasteiger charge is 2.28. The highest BCUT2D eigenvalue weighted by Crippen LogP contribution is 2.35. The van der Waals surface area contributed by atoms with Crippen molar-refractivity contribution < 1.29 is 8.42 Å². The molecule has 30 heavy (non-hydrogen) atoms. The molecule has 0 spiro atoms. The van der Waals surface area contributed by atoms with Gasteiger partial charge in [0.05, 0.1) is 15.7 Å². The number of halogens is 2. The van der Waals surface area contributed by atoms with E-state index < -0.39 is 36.6 Å². The predicted molar refractivity (Wildman–Crippen MR) is 109 cm³/mol. The Morgan fingerprint density at radius 1 is 1.07 bits per heavy atom. The highest BCUT2D eigenvalue weighted by molar-refractivity contribution is 7.91. The van der Waals surface area contributed by atoms with E-state index in [0.717, 1.165) is 15.6 Å². The average Bonchev–Trinajstić information content (AvgIpc) is 2.62. The molecular formula is C17H15Cl2N5O5S. The second-order valence-corrected chi connectivity index (χ2v) is 9.26. The van der Waals surface area contributed by atoms with Gasteiger partial charge in [-0.3, -0.25) is 14.6 Å². The fourth-order valence-electron chi connectivity index (χ4n) is 2.72. The molecule has 0 unspecified atom stereocenters. The Kier molecular flexibility index (Phi) is 5.72. The number of hydrogen-bond donors (Lipinski definition) is 1. The Balaban J connectivity index is 2.22. The number of aromatic amines is 1. The monoisotopic (exact) mass is 471 g/mol. The topological polar surface area (TPSA) is 137 Å². The normalized spacial score (nSPS) is 11.8. The van der Waals surface area contributed by atoms with Gasteiger partial charge < -0.3 is 0 Å². The smallest absolute Gasteiger partial charge is 0.271 e. The number of nitrogens with one attached hydrogen (secondary N) is 1. The summed E-state index contributed by atoms with van der Waals surface area (Å²) in [5, 5.41) is 6.53. The number of hydrogen-bond acceptors (Lipinski definition) is 7. The van der Waals surface area contributed by atoms with Gasteiger partial charge in [0.1, 0.15) is 11.1 Å². The van der Waals surface area contributed by atoms with Crippen molar-refractivity contribution >= 4 is 33.0 Å². The van der Waals surface area contributed by atoms with Crippen molar-refractivity contribution in [3.05, 3.63) is 71.2 Å². The molecule has 1 N–H and O–H groups in total. The molecule has 0 radical (unpaired) electrons. The third-order valence-electron chi connectivity index (χ3n) is 4.18. The van der Waals surface area contributed by atoms with Crippen molar-refractivity contribution in [3.63, 3.8) is 0 Å². The van der Waals surface area contributed by atoms with Crippen molar-refractivity contribution in [1.29, 1.82) is 0 Å². The van der Waals surface area contributed by atoms with Crippen LogP contribution in [0, 0.1) is 0 Å². The first-order valence-corrected chi connectivity index (χ1v) is 10.7. The third kappa shape index (κ3) is 3.83. The van der Waals surface area contributed by atoms with Crippen molar-refractivity contribution in [2.75, 3.05) is 0 Å². The lowest BCUT2D eigenvalue weighted by atomic mass is 10.1. The number of H-pyrrole nitrogens is 1. The summed E-state index contributed by atoms with van der Waals surface area (Å²) in [5.41, 5.74) is -1.67. The van der Waals surface area contributed by atoms with Crippen LogP contribution in [0.3, 0.4) is 0 Å². The minimum atomic E-state index is -4.31. The quantitative estimate of drug-likeness (QED) is 0.604. The summed E-state index contributed by atoms with van der Waals surface area (Å²) in [5.74, 6) is -0.243. The van der Waals surface area contributed by atoms with Crippen LogP contribution in [-0.2, 0) is 16.9 Å². The second kappa shape index (κ2) is 7.82. The zero-order valence-electron chi connectivity index (χ0n) is 15.9. The molecule has 0 saturated heterocycles. The number of rotatable bonds is 4. The maximum atomic E-state index is 13.2. The SMILES string of the molecule is CC(C)c1cc(S(=O)(=O)c2c(Cl)cc(-n3ncc(=O)[nH]c3=O)cc2Cl)nn(C)c1=O. The zero-order valence-corrected chi connectivity index (χ0v) is 18.2. The molecule has 2 aromatic heterocycles. The average molecular weight is 472 g/mol. The highest BCUT2D eigenvalue weighted by atomic mass is 35.5. The summed E-state index contributed by atoms with van der Waals surface area (Å²) in [6.07, 6.45) is 0.871. The molecule has 158 valence electrons. The van der Waals surface area contributed by atoms with Gasteiger partial charge in [0, 0.05) is 12.6 Å². The van der Waals surface area contributed by atoms with E-state index in [1.54, 1.807) is 13.8 Å². The number of benzene rings is 1. The van der Waals surface area contributed by atoms with Gasteiger partial charge in [-0.25, -0.2) is 17.9 Å². The maximum absolute atomic E-state index is 13.2. The standard InChI is InChI=1S/C17H15Cl2N5O5S/c1-8(2)10-6-14(22-23(3)16(10)26)30(28,29)15-11(18)4-9(5-12(15)19)24-17(27)21-13(25)7-20-24/h4-8H,1-3H3,(H,21,25,27). The number of aryl methyl sites for hydroxylation is 1. The fraction of sp³-hybridized carbons (Fsp3) is 0.235. The molecule has 0 atom stereocenters. The third-order valence-corrected chi connectivity index (χ3v) is 6.72. The van der Waals surface area contributed by atoms with Gasteiger partial charge in [-0.1, -0.05) is 37.0 Å². The van der Waals surface area contributed by atoms with Gasteiger partial charge in [0.2, 0.25) is 9.84 Å². The van der Waals surface area contributed by atoms with E-state index in [0.29, 0.717) is 0 Å². The molecule has 0 aliphatic rings. The first-order chi connectivity index (χ1) is 13.9. The van der Waals surface area contributed by atoms with Gasteiger partial charge in [-0.15, -0.1) is 0 Å². The Hall–Kier alpha value is -2.76. The molecule has 0 saturated carbocycles. The lowest BCUT2D eigenvalue weighted by Gasteiger charge is -2.13.